The SMILES string of the molecule is CCCn1nc(C)c(C(=O)CC)c1C. The van der Waals surface area contributed by atoms with Gasteiger partial charge in [0.25, 0.3) is 0 Å². The molecule has 0 aliphatic heterocycles. The van der Waals surface area contributed by atoms with Gasteiger partial charge >= 0.3 is 0 Å². The van der Waals surface area contributed by atoms with Gasteiger partial charge in [0.1, 0.15) is 0 Å². The molecular formula is C11H18N2O. The lowest BCUT2D eigenvalue weighted by atomic mass is 10.1. The van der Waals surface area contributed by atoms with Gasteiger partial charge in [-0.1, -0.05) is 13.8 Å². The van der Waals surface area contributed by atoms with E-state index in [0.717, 1.165) is 29.9 Å². The first-order valence-corrected chi connectivity index (χ1v) is 5.19. The Kier molecular flexibility index (Phi) is 3.44. The van der Waals surface area contributed by atoms with Crippen LogP contribution in [0, 0.1) is 13.8 Å². The summed E-state index contributed by atoms with van der Waals surface area (Å²) in [6.45, 7) is 8.76. The molecule has 3 nitrogen and oxygen atoms in total. The van der Waals surface area contributed by atoms with Gasteiger partial charge in [-0.2, -0.15) is 5.10 Å². The molecule has 0 fully saturated rings. The van der Waals surface area contributed by atoms with Crippen LogP contribution in [0.2, 0.25) is 0 Å². The van der Waals surface area contributed by atoms with Crippen molar-refractivity contribution in [3.63, 3.8) is 0 Å². The maximum Gasteiger partial charge on any atom is 0.166 e. The molecule has 78 valence electrons. The van der Waals surface area contributed by atoms with E-state index in [2.05, 4.69) is 12.0 Å². The topological polar surface area (TPSA) is 34.9 Å². The van der Waals surface area contributed by atoms with Crippen LogP contribution < -0.4 is 0 Å². The van der Waals surface area contributed by atoms with Crippen LogP contribution in [0.15, 0.2) is 0 Å². The molecule has 1 aromatic heterocycles. The van der Waals surface area contributed by atoms with Crippen LogP contribution >= 0.6 is 0 Å². The molecule has 0 atom stereocenters. The zero-order chi connectivity index (χ0) is 10.7. The van der Waals surface area contributed by atoms with Gasteiger partial charge in [-0.15, -0.1) is 0 Å². The average molecular weight is 194 g/mol. The Morgan fingerprint density at radius 1 is 1.36 bits per heavy atom. The Morgan fingerprint density at radius 3 is 2.50 bits per heavy atom. The Labute approximate surface area is 85.1 Å². The molecule has 0 amide bonds. The van der Waals surface area contributed by atoms with Gasteiger partial charge < -0.3 is 0 Å². The third kappa shape index (κ3) is 1.86. The van der Waals surface area contributed by atoms with Crippen LogP contribution in [-0.2, 0) is 6.54 Å². The number of rotatable bonds is 4. The van der Waals surface area contributed by atoms with Crippen LogP contribution in [0.3, 0.4) is 0 Å². The predicted molar refractivity (Wildman–Crippen MR) is 56.6 cm³/mol. The zero-order valence-electron chi connectivity index (χ0n) is 9.42. The van der Waals surface area contributed by atoms with Gasteiger partial charge in [0.15, 0.2) is 5.78 Å². The predicted octanol–water partition coefficient (Wildman–Crippen LogP) is 2.50. The Bertz CT molecular complexity index is 339. The molecule has 1 heterocycles. The lowest BCUT2D eigenvalue weighted by molar-refractivity contribution is 0.0987. The van der Waals surface area contributed by atoms with Crippen LogP contribution in [0.1, 0.15) is 48.4 Å². The quantitative estimate of drug-likeness (QED) is 0.690. The third-order valence-corrected chi connectivity index (χ3v) is 2.42. The summed E-state index contributed by atoms with van der Waals surface area (Å²) < 4.78 is 1.93. The molecular weight excluding hydrogens is 176 g/mol. The number of aromatic nitrogens is 2. The van der Waals surface area contributed by atoms with Crippen molar-refractivity contribution in [2.45, 2.75) is 47.1 Å². The van der Waals surface area contributed by atoms with Crippen LogP contribution in [0.5, 0.6) is 0 Å². The number of carbonyl (C=O) groups excluding carboxylic acids is 1. The van der Waals surface area contributed by atoms with E-state index in [4.69, 9.17) is 0 Å². The molecule has 0 saturated heterocycles. The van der Waals surface area contributed by atoms with E-state index in [9.17, 15) is 4.79 Å². The molecule has 0 bridgehead atoms. The fourth-order valence-corrected chi connectivity index (χ4v) is 1.71. The van der Waals surface area contributed by atoms with Gasteiger partial charge in [-0.3, -0.25) is 9.48 Å². The van der Waals surface area contributed by atoms with Crippen LogP contribution in [-0.4, -0.2) is 15.6 Å². The largest absolute Gasteiger partial charge is 0.294 e. The lowest BCUT2D eigenvalue weighted by Gasteiger charge is -2.01. The molecule has 3 heteroatoms. The highest BCUT2D eigenvalue weighted by Crippen LogP contribution is 2.15. The van der Waals surface area contributed by atoms with E-state index in [1.165, 1.54) is 0 Å². The van der Waals surface area contributed by atoms with Crippen molar-refractivity contribution in [1.82, 2.24) is 9.78 Å². The number of Topliss-reactive ketones (excluding diaryl/α,β-unsaturated/α-hetero) is 1. The number of hydrogen-bond acceptors (Lipinski definition) is 2. The van der Waals surface area contributed by atoms with Crippen molar-refractivity contribution in [2.24, 2.45) is 0 Å². The maximum atomic E-state index is 11.6. The number of ketones is 1. The fraction of sp³-hybridized carbons (Fsp3) is 0.636. The summed E-state index contributed by atoms with van der Waals surface area (Å²) in [7, 11) is 0. The van der Waals surface area contributed by atoms with E-state index in [-0.39, 0.29) is 5.78 Å². The summed E-state index contributed by atoms with van der Waals surface area (Å²) in [6.07, 6.45) is 1.60. The highest BCUT2D eigenvalue weighted by Gasteiger charge is 2.16. The first-order chi connectivity index (χ1) is 6.61. The number of aryl methyl sites for hydroxylation is 2. The Morgan fingerprint density at radius 2 is 2.00 bits per heavy atom. The fourth-order valence-electron chi connectivity index (χ4n) is 1.71. The third-order valence-electron chi connectivity index (χ3n) is 2.42. The monoisotopic (exact) mass is 194 g/mol. The summed E-state index contributed by atoms with van der Waals surface area (Å²) in [5.41, 5.74) is 2.69. The van der Waals surface area contributed by atoms with Gasteiger partial charge in [0, 0.05) is 18.7 Å². The molecule has 0 N–H and O–H groups in total. The zero-order valence-corrected chi connectivity index (χ0v) is 9.42. The minimum Gasteiger partial charge on any atom is -0.294 e. The normalized spacial score (nSPS) is 10.6. The molecule has 1 rings (SSSR count). The highest BCUT2D eigenvalue weighted by molar-refractivity contribution is 5.97. The molecule has 0 unspecified atom stereocenters. The number of hydrogen-bond donors (Lipinski definition) is 0. The summed E-state index contributed by atoms with van der Waals surface area (Å²) in [4.78, 5) is 11.6. The average Bonchev–Trinajstić information content (AvgIpc) is 2.42. The van der Waals surface area contributed by atoms with E-state index < -0.39 is 0 Å². The number of carbonyl (C=O) groups is 1. The second-order valence-corrected chi connectivity index (χ2v) is 3.55. The van der Waals surface area contributed by atoms with Crippen molar-refractivity contribution in [3.8, 4) is 0 Å². The number of nitrogens with zero attached hydrogens (tertiary/aromatic N) is 2. The van der Waals surface area contributed by atoms with Crippen LogP contribution in [0.25, 0.3) is 0 Å². The van der Waals surface area contributed by atoms with E-state index >= 15 is 0 Å². The van der Waals surface area contributed by atoms with E-state index in [0.29, 0.717) is 6.42 Å². The standard InChI is InChI=1S/C11H18N2O/c1-5-7-13-9(4)11(8(3)12-13)10(14)6-2/h5-7H2,1-4H3. The van der Waals surface area contributed by atoms with Gasteiger partial charge in [-0.25, -0.2) is 0 Å². The minimum atomic E-state index is 0.197. The Hall–Kier alpha value is -1.12. The molecule has 0 aliphatic carbocycles. The molecule has 0 aromatic carbocycles. The summed E-state index contributed by atoms with van der Waals surface area (Å²) in [6, 6.07) is 0. The first kappa shape index (κ1) is 11.0. The second-order valence-electron chi connectivity index (χ2n) is 3.55. The second kappa shape index (κ2) is 4.40. The van der Waals surface area contributed by atoms with Gasteiger partial charge in [0.05, 0.1) is 11.3 Å². The van der Waals surface area contributed by atoms with Crippen molar-refractivity contribution in [3.05, 3.63) is 17.0 Å². The van der Waals surface area contributed by atoms with Crippen molar-refractivity contribution >= 4 is 5.78 Å². The summed E-state index contributed by atoms with van der Waals surface area (Å²) >= 11 is 0. The summed E-state index contributed by atoms with van der Waals surface area (Å²) in [5, 5.41) is 4.36. The molecule has 0 spiro atoms. The Balaban J connectivity index is 3.11. The van der Waals surface area contributed by atoms with Crippen LogP contribution in [0.4, 0.5) is 0 Å². The molecule has 0 saturated carbocycles. The highest BCUT2D eigenvalue weighted by atomic mass is 16.1. The minimum absolute atomic E-state index is 0.197. The molecule has 0 radical (unpaired) electrons. The maximum absolute atomic E-state index is 11.6. The van der Waals surface area contributed by atoms with Crippen molar-refractivity contribution in [2.75, 3.05) is 0 Å². The van der Waals surface area contributed by atoms with Crippen molar-refractivity contribution < 1.29 is 4.79 Å². The molecule has 1 aromatic rings. The van der Waals surface area contributed by atoms with E-state index in [1.54, 1.807) is 0 Å². The lowest BCUT2D eigenvalue weighted by Crippen LogP contribution is -2.04. The smallest absolute Gasteiger partial charge is 0.166 e. The molecule has 14 heavy (non-hydrogen) atoms. The van der Waals surface area contributed by atoms with Gasteiger partial charge in [-0.05, 0) is 20.3 Å². The molecule has 0 aliphatic rings. The van der Waals surface area contributed by atoms with E-state index in [1.807, 2.05) is 25.5 Å². The first-order valence-electron chi connectivity index (χ1n) is 5.19. The van der Waals surface area contributed by atoms with Crippen molar-refractivity contribution in [1.29, 1.82) is 0 Å². The van der Waals surface area contributed by atoms with Gasteiger partial charge in [0.2, 0.25) is 0 Å². The summed E-state index contributed by atoms with van der Waals surface area (Å²) in [5.74, 6) is 0.197.